The van der Waals surface area contributed by atoms with Crippen molar-refractivity contribution in [1.29, 1.82) is 0 Å². The van der Waals surface area contributed by atoms with Gasteiger partial charge in [0.05, 0.1) is 6.04 Å². The number of nitrogens with one attached hydrogen (secondary N) is 1. The van der Waals surface area contributed by atoms with E-state index in [9.17, 15) is 4.39 Å². The fourth-order valence-electron chi connectivity index (χ4n) is 2.27. The lowest BCUT2D eigenvalue weighted by molar-refractivity contribution is 0.606. The van der Waals surface area contributed by atoms with Crippen molar-refractivity contribution in [3.63, 3.8) is 0 Å². The Balaban J connectivity index is 2.44. The molecule has 0 saturated carbocycles. The van der Waals surface area contributed by atoms with Crippen LogP contribution >= 0.6 is 15.9 Å². The molecule has 0 amide bonds. The van der Waals surface area contributed by atoms with Crippen molar-refractivity contribution in [1.82, 2.24) is 5.32 Å². The van der Waals surface area contributed by atoms with Gasteiger partial charge in [-0.3, -0.25) is 0 Å². The van der Waals surface area contributed by atoms with Gasteiger partial charge < -0.3 is 5.32 Å². The number of hydrogen-bond donors (Lipinski definition) is 1. The molecule has 0 aliphatic heterocycles. The van der Waals surface area contributed by atoms with Crippen molar-refractivity contribution in [3.8, 4) is 0 Å². The molecule has 0 aliphatic carbocycles. The molecule has 0 bridgehead atoms. The number of hydrogen-bond acceptors (Lipinski definition) is 1. The molecule has 0 aliphatic rings. The summed E-state index contributed by atoms with van der Waals surface area (Å²) in [5.41, 5.74) is 4.15. The molecule has 1 unspecified atom stereocenters. The van der Waals surface area contributed by atoms with E-state index in [0.29, 0.717) is 5.56 Å². The van der Waals surface area contributed by atoms with E-state index < -0.39 is 0 Å². The molecule has 0 heterocycles. The summed E-state index contributed by atoms with van der Waals surface area (Å²) in [5, 5.41) is 3.47. The quantitative estimate of drug-likeness (QED) is 0.837. The summed E-state index contributed by atoms with van der Waals surface area (Å²) < 4.78 is 14.5. The molecular formula is C17H19BrFN. The minimum atomic E-state index is -0.158. The SMILES string of the molecule is CCNC(c1ccc(F)c(C)c1)c1ccc(C)c(Br)c1. The highest BCUT2D eigenvalue weighted by molar-refractivity contribution is 9.10. The van der Waals surface area contributed by atoms with Crippen LogP contribution in [-0.2, 0) is 0 Å². The maximum Gasteiger partial charge on any atom is 0.126 e. The molecule has 20 heavy (non-hydrogen) atoms. The molecule has 1 atom stereocenters. The van der Waals surface area contributed by atoms with Crippen molar-refractivity contribution in [2.45, 2.75) is 26.8 Å². The minimum Gasteiger partial charge on any atom is -0.307 e. The summed E-state index contributed by atoms with van der Waals surface area (Å²) in [6.07, 6.45) is 0. The van der Waals surface area contributed by atoms with Gasteiger partial charge in [0.1, 0.15) is 5.82 Å². The standard InChI is InChI=1S/C17H19BrFN/c1-4-20-17(13-7-8-16(19)12(3)9-13)14-6-5-11(2)15(18)10-14/h5-10,17,20H,4H2,1-3H3. The fourth-order valence-corrected chi connectivity index (χ4v) is 2.66. The first kappa shape index (κ1) is 15.2. The normalized spacial score (nSPS) is 12.4. The molecule has 0 fully saturated rings. The van der Waals surface area contributed by atoms with Crippen LogP contribution in [0.1, 0.15) is 35.2 Å². The van der Waals surface area contributed by atoms with Gasteiger partial charge in [0.2, 0.25) is 0 Å². The van der Waals surface area contributed by atoms with E-state index in [0.717, 1.165) is 16.6 Å². The highest BCUT2D eigenvalue weighted by Crippen LogP contribution is 2.27. The molecule has 1 nitrogen and oxygen atoms in total. The third-order valence-electron chi connectivity index (χ3n) is 3.45. The molecular weight excluding hydrogens is 317 g/mol. The Kier molecular flexibility index (Phi) is 4.95. The summed E-state index contributed by atoms with van der Waals surface area (Å²) in [6.45, 7) is 6.80. The fraction of sp³-hybridized carbons (Fsp3) is 0.294. The Morgan fingerprint density at radius 2 is 1.70 bits per heavy atom. The average Bonchev–Trinajstić information content (AvgIpc) is 2.43. The van der Waals surface area contributed by atoms with Crippen molar-refractivity contribution >= 4 is 15.9 Å². The van der Waals surface area contributed by atoms with Crippen LogP contribution in [0.15, 0.2) is 40.9 Å². The molecule has 2 aromatic rings. The lowest BCUT2D eigenvalue weighted by Gasteiger charge is -2.20. The van der Waals surface area contributed by atoms with Crippen molar-refractivity contribution in [2.75, 3.05) is 6.54 Å². The van der Waals surface area contributed by atoms with Gasteiger partial charge in [-0.1, -0.05) is 47.1 Å². The highest BCUT2D eigenvalue weighted by atomic mass is 79.9. The zero-order valence-electron chi connectivity index (χ0n) is 12.0. The van der Waals surface area contributed by atoms with Crippen molar-refractivity contribution in [3.05, 3.63) is 68.9 Å². The molecule has 0 aromatic heterocycles. The van der Waals surface area contributed by atoms with Crippen molar-refractivity contribution in [2.24, 2.45) is 0 Å². The molecule has 2 rings (SSSR count). The second-order valence-corrected chi connectivity index (χ2v) is 5.86. The van der Waals surface area contributed by atoms with E-state index in [4.69, 9.17) is 0 Å². The second-order valence-electron chi connectivity index (χ2n) is 5.01. The van der Waals surface area contributed by atoms with Crippen LogP contribution < -0.4 is 5.32 Å². The van der Waals surface area contributed by atoms with E-state index in [-0.39, 0.29) is 11.9 Å². The van der Waals surface area contributed by atoms with E-state index in [1.165, 1.54) is 17.2 Å². The van der Waals surface area contributed by atoms with Gasteiger partial charge in [-0.25, -0.2) is 4.39 Å². The molecule has 0 saturated heterocycles. The van der Waals surface area contributed by atoms with Crippen LogP contribution in [0.4, 0.5) is 4.39 Å². The summed E-state index contributed by atoms with van der Waals surface area (Å²) in [6, 6.07) is 11.7. The largest absolute Gasteiger partial charge is 0.307 e. The molecule has 106 valence electrons. The Labute approximate surface area is 128 Å². The van der Waals surface area contributed by atoms with Crippen LogP contribution in [0.3, 0.4) is 0 Å². The van der Waals surface area contributed by atoms with Gasteiger partial charge in [-0.15, -0.1) is 0 Å². The molecule has 2 aromatic carbocycles. The van der Waals surface area contributed by atoms with E-state index in [1.807, 2.05) is 12.1 Å². The van der Waals surface area contributed by atoms with Gasteiger partial charge in [0.25, 0.3) is 0 Å². The zero-order valence-corrected chi connectivity index (χ0v) is 13.6. The third kappa shape index (κ3) is 3.28. The predicted octanol–water partition coefficient (Wildman–Crippen LogP) is 4.90. The molecule has 0 spiro atoms. The Morgan fingerprint density at radius 1 is 1.05 bits per heavy atom. The van der Waals surface area contributed by atoms with Gasteiger partial charge in [0.15, 0.2) is 0 Å². The lowest BCUT2D eigenvalue weighted by Crippen LogP contribution is -2.22. The third-order valence-corrected chi connectivity index (χ3v) is 4.31. The van der Waals surface area contributed by atoms with Crippen LogP contribution in [0.2, 0.25) is 0 Å². The van der Waals surface area contributed by atoms with E-state index >= 15 is 0 Å². The Hall–Kier alpha value is -1.19. The number of benzene rings is 2. The molecule has 3 heteroatoms. The van der Waals surface area contributed by atoms with Gasteiger partial charge in [-0.2, -0.15) is 0 Å². The van der Waals surface area contributed by atoms with Crippen molar-refractivity contribution < 1.29 is 4.39 Å². The first-order chi connectivity index (χ1) is 9.52. The number of aryl methyl sites for hydroxylation is 2. The molecule has 0 radical (unpaired) electrons. The zero-order chi connectivity index (χ0) is 14.7. The van der Waals surface area contributed by atoms with Gasteiger partial charge in [0, 0.05) is 4.47 Å². The Morgan fingerprint density at radius 3 is 2.30 bits per heavy atom. The monoisotopic (exact) mass is 335 g/mol. The first-order valence-corrected chi connectivity index (χ1v) is 7.57. The summed E-state index contributed by atoms with van der Waals surface area (Å²) in [5.74, 6) is -0.158. The van der Waals surface area contributed by atoms with E-state index in [2.05, 4.69) is 53.3 Å². The Bertz CT molecular complexity index is 558. The lowest BCUT2D eigenvalue weighted by atomic mass is 9.96. The van der Waals surface area contributed by atoms with Gasteiger partial charge >= 0.3 is 0 Å². The summed E-state index contributed by atoms with van der Waals surface area (Å²) in [7, 11) is 0. The maximum atomic E-state index is 13.4. The molecule has 1 N–H and O–H groups in total. The van der Waals surface area contributed by atoms with Crippen LogP contribution in [-0.4, -0.2) is 6.54 Å². The highest BCUT2D eigenvalue weighted by Gasteiger charge is 2.14. The minimum absolute atomic E-state index is 0.0798. The summed E-state index contributed by atoms with van der Waals surface area (Å²) >= 11 is 3.58. The predicted molar refractivity (Wildman–Crippen MR) is 85.5 cm³/mol. The summed E-state index contributed by atoms with van der Waals surface area (Å²) in [4.78, 5) is 0. The average molecular weight is 336 g/mol. The van der Waals surface area contributed by atoms with E-state index in [1.54, 1.807) is 6.92 Å². The first-order valence-electron chi connectivity index (χ1n) is 6.78. The second kappa shape index (κ2) is 6.51. The number of halogens is 2. The van der Waals surface area contributed by atoms with Gasteiger partial charge in [-0.05, 0) is 54.8 Å². The number of rotatable bonds is 4. The van der Waals surface area contributed by atoms with Crippen LogP contribution in [0.5, 0.6) is 0 Å². The smallest absolute Gasteiger partial charge is 0.126 e. The maximum absolute atomic E-state index is 13.4. The van der Waals surface area contributed by atoms with Crippen LogP contribution in [0, 0.1) is 19.7 Å². The van der Waals surface area contributed by atoms with Crippen LogP contribution in [0.25, 0.3) is 0 Å². The topological polar surface area (TPSA) is 12.0 Å².